The fraction of sp³-hybridized carbons (Fsp3) is 0.125. The van der Waals surface area contributed by atoms with Crippen LogP contribution in [0.5, 0.6) is 0 Å². The maximum absolute atomic E-state index is 11.3. The number of fused-ring (bicyclic) bond motifs is 1. The van der Waals surface area contributed by atoms with Gasteiger partial charge in [0.1, 0.15) is 5.65 Å². The van der Waals surface area contributed by atoms with Crippen LogP contribution in [-0.4, -0.2) is 27.6 Å². The number of amides is 1. The highest BCUT2D eigenvalue weighted by Crippen LogP contribution is 1.99. The van der Waals surface area contributed by atoms with Crippen LogP contribution >= 0.6 is 0 Å². The lowest BCUT2D eigenvalue weighted by atomic mass is 10.4. The van der Waals surface area contributed by atoms with Crippen LogP contribution in [0.2, 0.25) is 0 Å². The predicted octanol–water partition coefficient (Wildman–Crippen LogP) is -0.618. The summed E-state index contributed by atoms with van der Waals surface area (Å²) in [6.07, 6.45) is 1.51. The number of aromatic nitrogens is 3. The molecular weight excluding hydrogens is 184 g/mol. The number of nitrogens with zero attached hydrogens (tertiary/aromatic N) is 2. The Balaban J connectivity index is 2.68. The van der Waals surface area contributed by atoms with Crippen LogP contribution < -0.4 is 10.9 Å². The molecule has 6 nitrogen and oxygen atoms in total. The molecule has 0 saturated carbocycles. The molecule has 2 heterocycles. The van der Waals surface area contributed by atoms with Gasteiger partial charge >= 0.3 is 0 Å². The van der Waals surface area contributed by atoms with Crippen molar-refractivity contribution >= 4 is 11.6 Å². The molecule has 0 aliphatic rings. The molecule has 1 amide bonds. The van der Waals surface area contributed by atoms with Gasteiger partial charge < -0.3 is 10.3 Å². The van der Waals surface area contributed by atoms with Crippen molar-refractivity contribution in [2.45, 2.75) is 0 Å². The Morgan fingerprint density at radius 2 is 2.43 bits per heavy atom. The molecule has 0 aliphatic carbocycles. The molecule has 0 unspecified atom stereocenters. The van der Waals surface area contributed by atoms with E-state index in [9.17, 15) is 9.59 Å². The highest BCUT2D eigenvalue weighted by atomic mass is 16.2. The lowest BCUT2D eigenvalue weighted by Gasteiger charge is -1.90. The first-order chi connectivity index (χ1) is 6.72. The summed E-state index contributed by atoms with van der Waals surface area (Å²) in [4.78, 5) is 25.3. The first-order valence-corrected chi connectivity index (χ1v) is 4.02. The number of nitrogens with one attached hydrogen (secondary N) is 2. The van der Waals surface area contributed by atoms with Gasteiger partial charge in [-0.05, 0) is 0 Å². The van der Waals surface area contributed by atoms with Gasteiger partial charge in [-0.15, -0.1) is 0 Å². The second kappa shape index (κ2) is 2.99. The summed E-state index contributed by atoms with van der Waals surface area (Å²) in [6, 6.07) is 2.86. The van der Waals surface area contributed by atoms with Gasteiger partial charge in [0.2, 0.25) is 0 Å². The molecule has 0 atom stereocenters. The number of hydrogen-bond acceptors (Lipinski definition) is 3. The maximum Gasteiger partial charge on any atom is 0.274 e. The zero-order chi connectivity index (χ0) is 10.1. The minimum absolute atomic E-state index is 0.215. The molecular formula is C8H8N4O2. The van der Waals surface area contributed by atoms with Gasteiger partial charge in [-0.1, -0.05) is 0 Å². The summed E-state index contributed by atoms with van der Waals surface area (Å²) in [6.45, 7) is 0. The summed E-state index contributed by atoms with van der Waals surface area (Å²) in [5.41, 5.74) is 0.442. The molecule has 0 aliphatic heterocycles. The van der Waals surface area contributed by atoms with Crippen molar-refractivity contribution in [2.75, 3.05) is 7.05 Å². The summed E-state index contributed by atoms with van der Waals surface area (Å²) in [5.74, 6) is -0.318. The van der Waals surface area contributed by atoms with Gasteiger partial charge in [0.05, 0.1) is 0 Å². The van der Waals surface area contributed by atoms with E-state index in [0.717, 1.165) is 4.52 Å². The standard InChI is InChI=1S/C8H8N4O2/c1-9-8(14)5-4-6-10-3-2-7(13)12(6)11-5/h2-4,10H,1H3,(H,9,14). The van der Waals surface area contributed by atoms with E-state index in [1.54, 1.807) is 0 Å². The second-order valence-electron chi connectivity index (χ2n) is 2.72. The van der Waals surface area contributed by atoms with Crippen LogP contribution in [0.4, 0.5) is 0 Å². The number of hydrogen-bond donors (Lipinski definition) is 2. The number of aromatic amines is 1. The van der Waals surface area contributed by atoms with Crippen molar-refractivity contribution < 1.29 is 4.79 Å². The van der Waals surface area contributed by atoms with E-state index < -0.39 is 0 Å². The minimum Gasteiger partial charge on any atom is -0.354 e. The van der Waals surface area contributed by atoms with E-state index in [1.165, 1.54) is 25.4 Å². The van der Waals surface area contributed by atoms with Crippen LogP contribution in [-0.2, 0) is 0 Å². The zero-order valence-electron chi connectivity index (χ0n) is 7.44. The third kappa shape index (κ3) is 1.17. The molecule has 2 aromatic heterocycles. The Labute approximate surface area is 78.6 Å². The van der Waals surface area contributed by atoms with Gasteiger partial charge in [0, 0.05) is 25.4 Å². The largest absolute Gasteiger partial charge is 0.354 e. The highest BCUT2D eigenvalue weighted by molar-refractivity contribution is 5.92. The quantitative estimate of drug-likeness (QED) is 0.632. The molecule has 0 fully saturated rings. The normalized spacial score (nSPS) is 10.4. The number of H-pyrrole nitrogens is 1. The molecule has 14 heavy (non-hydrogen) atoms. The topological polar surface area (TPSA) is 79.3 Å². The molecule has 0 radical (unpaired) electrons. The summed E-state index contributed by atoms with van der Waals surface area (Å²) in [7, 11) is 1.51. The van der Waals surface area contributed by atoms with E-state index in [-0.39, 0.29) is 17.2 Å². The number of carbonyl (C=O) groups is 1. The van der Waals surface area contributed by atoms with Crippen LogP contribution in [0.3, 0.4) is 0 Å². The van der Waals surface area contributed by atoms with Crippen molar-refractivity contribution in [1.82, 2.24) is 19.9 Å². The first-order valence-electron chi connectivity index (χ1n) is 4.02. The number of rotatable bonds is 1. The Bertz CT molecular complexity index is 540. The van der Waals surface area contributed by atoms with Crippen LogP contribution in [0.15, 0.2) is 23.1 Å². The maximum atomic E-state index is 11.3. The second-order valence-corrected chi connectivity index (χ2v) is 2.72. The van der Waals surface area contributed by atoms with Crippen LogP contribution in [0, 0.1) is 0 Å². The van der Waals surface area contributed by atoms with Crippen molar-refractivity contribution in [1.29, 1.82) is 0 Å². The number of carbonyl (C=O) groups excluding carboxylic acids is 1. The SMILES string of the molecule is CNC(=O)c1cc2[nH]ccc(=O)n2n1. The van der Waals surface area contributed by atoms with Gasteiger partial charge in [-0.3, -0.25) is 9.59 Å². The van der Waals surface area contributed by atoms with Crippen molar-refractivity contribution in [3.05, 3.63) is 34.4 Å². The van der Waals surface area contributed by atoms with E-state index in [2.05, 4.69) is 15.4 Å². The smallest absolute Gasteiger partial charge is 0.274 e. The molecule has 72 valence electrons. The van der Waals surface area contributed by atoms with Crippen molar-refractivity contribution in [3.8, 4) is 0 Å². The average molecular weight is 192 g/mol. The Kier molecular flexibility index (Phi) is 1.81. The Morgan fingerprint density at radius 3 is 3.07 bits per heavy atom. The fourth-order valence-corrected chi connectivity index (χ4v) is 1.16. The summed E-state index contributed by atoms with van der Waals surface area (Å²) >= 11 is 0. The fourth-order valence-electron chi connectivity index (χ4n) is 1.16. The average Bonchev–Trinajstić information content (AvgIpc) is 2.62. The molecule has 2 N–H and O–H groups in total. The van der Waals surface area contributed by atoms with E-state index in [1.807, 2.05) is 0 Å². The Hall–Kier alpha value is -2.11. The molecule has 6 heteroatoms. The van der Waals surface area contributed by atoms with Crippen LogP contribution in [0.25, 0.3) is 5.65 Å². The predicted molar refractivity (Wildman–Crippen MR) is 49.2 cm³/mol. The van der Waals surface area contributed by atoms with Crippen molar-refractivity contribution in [3.63, 3.8) is 0 Å². The minimum atomic E-state index is -0.318. The molecule has 0 spiro atoms. The summed E-state index contributed by atoms with van der Waals surface area (Å²) in [5, 5.41) is 6.27. The molecule has 2 rings (SSSR count). The molecule has 0 saturated heterocycles. The highest BCUT2D eigenvalue weighted by Gasteiger charge is 2.09. The van der Waals surface area contributed by atoms with Gasteiger partial charge in [0.25, 0.3) is 11.5 Å². The lowest BCUT2D eigenvalue weighted by molar-refractivity contribution is 0.0958. The zero-order valence-corrected chi connectivity index (χ0v) is 7.44. The van der Waals surface area contributed by atoms with Gasteiger partial charge in [0.15, 0.2) is 5.69 Å². The third-order valence-electron chi connectivity index (χ3n) is 1.83. The van der Waals surface area contributed by atoms with Crippen LogP contribution in [0.1, 0.15) is 10.5 Å². The van der Waals surface area contributed by atoms with E-state index in [0.29, 0.717) is 5.65 Å². The first kappa shape index (κ1) is 8.49. The Morgan fingerprint density at radius 1 is 1.64 bits per heavy atom. The van der Waals surface area contributed by atoms with Gasteiger partial charge in [-0.25, -0.2) is 0 Å². The monoisotopic (exact) mass is 192 g/mol. The molecule has 2 aromatic rings. The van der Waals surface area contributed by atoms with E-state index >= 15 is 0 Å². The van der Waals surface area contributed by atoms with Gasteiger partial charge in [-0.2, -0.15) is 9.61 Å². The van der Waals surface area contributed by atoms with Crippen molar-refractivity contribution in [2.24, 2.45) is 0 Å². The third-order valence-corrected chi connectivity index (χ3v) is 1.83. The van der Waals surface area contributed by atoms with E-state index in [4.69, 9.17) is 0 Å². The summed E-state index contributed by atoms with van der Waals surface area (Å²) < 4.78 is 1.14. The molecule has 0 bridgehead atoms. The molecule has 0 aromatic carbocycles. The lowest BCUT2D eigenvalue weighted by Crippen LogP contribution is -2.19.